The average molecular weight is 441 g/mol. The van der Waals surface area contributed by atoms with Crippen molar-refractivity contribution < 1.29 is 9.53 Å². The van der Waals surface area contributed by atoms with Crippen LogP contribution in [0.1, 0.15) is 39.0 Å². The summed E-state index contributed by atoms with van der Waals surface area (Å²) in [5.74, 6) is 0.615. The minimum atomic E-state index is -0.280. The molecule has 162 valence electrons. The lowest BCUT2D eigenvalue weighted by molar-refractivity contribution is -0.00332. The second-order valence-electron chi connectivity index (χ2n) is 7.50. The summed E-state index contributed by atoms with van der Waals surface area (Å²) in [6.45, 7) is 5.81. The van der Waals surface area contributed by atoms with Gasteiger partial charge in [-0.25, -0.2) is 9.97 Å². The fourth-order valence-electron chi connectivity index (χ4n) is 3.61. The van der Waals surface area contributed by atoms with Crippen LogP contribution in [0.25, 0.3) is 0 Å². The molecular weight excluding hydrogens is 416 g/mol. The van der Waals surface area contributed by atoms with Gasteiger partial charge in [0.2, 0.25) is 5.82 Å². The van der Waals surface area contributed by atoms with Crippen molar-refractivity contribution in [3.05, 3.63) is 69.9 Å². The Kier molecular flexibility index (Phi) is 6.48. The van der Waals surface area contributed by atoms with E-state index in [0.717, 1.165) is 28.8 Å². The number of carbonyl (C=O) groups excluding carboxylic acids is 1. The fourth-order valence-corrected chi connectivity index (χ4v) is 3.88. The largest absolute Gasteiger partial charge is 0.377 e. The highest BCUT2D eigenvalue weighted by Crippen LogP contribution is 2.31. The number of morpholine rings is 1. The normalized spacial score (nSPS) is 16.4. The molecule has 2 N–H and O–H groups in total. The number of benzene rings is 1. The summed E-state index contributed by atoms with van der Waals surface area (Å²) in [5.41, 5.74) is 3.66. The number of rotatable bonds is 6. The Morgan fingerprint density at radius 3 is 2.94 bits per heavy atom. The van der Waals surface area contributed by atoms with Gasteiger partial charge in [0, 0.05) is 35.6 Å². The van der Waals surface area contributed by atoms with Gasteiger partial charge in [0.25, 0.3) is 5.91 Å². The van der Waals surface area contributed by atoms with E-state index in [0.29, 0.717) is 37.1 Å². The quantitative estimate of drug-likeness (QED) is 0.610. The molecule has 1 aliphatic rings. The lowest BCUT2D eigenvalue weighted by Gasteiger charge is -2.36. The first-order valence-corrected chi connectivity index (χ1v) is 10.6. The summed E-state index contributed by atoms with van der Waals surface area (Å²) in [6.07, 6.45) is 4.45. The van der Waals surface area contributed by atoms with E-state index >= 15 is 0 Å². The Morgan fingerprint density at radius 2 is 2.16 bits per heavy atom. The van der Waals surface area contributed by atoms with Crippen molar-refractivity contribution in [2.75, 3.05) is 31.6 Å². The molecule has 1 saturated heterocycles. The SMILES string of the molecule is Cc1nc(C(=O)N2CCOCC2c2ccccc2Cl)nc(NCCc2cn[nH]c2)c1C. The van der Waals surface area contributed by atoms with Crippen LogP contribution < -0.4 is 5.32 Å². The minimum Gasteiger partial charge on any atom is -0.377 e. The van der Waals surface area contributed by atoms with E-state index in [2.05, 4.69) is 25.5 Å². The van der Waals surface area contributed by atoms with E-state index in [1.807, 2.05) is 44.3 Å². The maximum Gasteiger partial charge on any atom is 0.292 e. The van der Waals surface area contributed by atoms with E-state index in [9.17, 15) is 4.79 Å². The van der Waals surface area contributed by atoms with Gasteiger partial charge >= 0.3 is 0 Å². The minimum absolute atomic E-state index is 0.174. The molecule has 1 fully saturated rings. The molecule has 1 aliphatic heterocycles. The third-order valence-electron chi connectivity index (χ3n) is 5.50. The summed E-state index contributed by atoms with van der Waals surface area (Å²) in [7, 11) is 0. The first kappa shape index (κ1) is 21.3. The smallest absolute Gasteiger partial charge is 0.292 e. The third-order valence-corrected chi connectivity index (χ3v) is 5.84. The summed E-state index contributed by atoms with van der Waals surface area (Å²) in [5, 5.41) is 10.7. The van der Waals surface area contributed by atoms with Crippen LogP contribution in [0.3, 0.4) is 0 Å². The summed E-state index contributed by atoms with van der Waals surface area (Å²) in [6, 6.07) is 7.25. The zero-order valence-corrected chi connectivity index (χ0v) is 18.3. The lowest BCUT2D eigenvalue weighted by atomic mass is 10.0. The van der Waals surface area contributed by atoms with Gasteiger partial charge in [0.15, 0.2) is 0 Å². The topological polar surface area (TPSA) is 96.0 Å². The molecule has 9 heteroatoms. The molecule has 1 aromatic carbocycles. The van der Waals surface area contributed by atoms with Crippen molar-refractivity contribution in [1.29, 1.82) is 0 Å². The van der Waals surface area contributed by atoms with Crippen molar-refractivity contribution in [3.63, 3.8) is 0 Å². The maximum absolute atomic E-state index is 13.4. The molecule has 31 heavy (non-hydrogen) atoms. The number of carbonyl (C=O) groups is 1. The van der Waals surface area contributed by atoms with Gasteiger partial charge in [-0.3, -0.25) is 9.89 Å². The molecule has 1 amide bonds. The van der Waals surface area contributed by atoms with Gasteiger partial charge < -0.3 is 15.0 Å². The van der Waals surface area contributed by atoms with Gasteiger partial charge in [-0.15, -0.1) is 0 Å². The van der Waals surface area contributed by atoms with Crippen LogP contribution in [0.5, 0.6) is 0 Å². The maximum atomic E-state index is 13.4. The number of ether oxygens (including phenoxy) is 1. The number of hydrogen-bond acceptors (Lipinski definition) is 6. The molecule has 2 aromatic heterocycles. The number of anilines is 1. The molecule has 0 spiro atoms. The molecular formula is C22H25ClN6O2. The molecule has 1 atom stereocenters. The van der Waals surface area contributed by atoms with E-state index < -0.39 is 0 Å². The highest BCUT2D eigenvalue weighted by Gasteiger charge is 2.32. The summed E-state index contributed by atoms with van der Waals surface area (Å²) < 4.78 is 5.65. The zero-order chi connectivity index (χ0) is 21.8. The molecule has 1 unspecified atom stereocenters. The van der Waals surface area contributed by atoms with Gasteiger partial charge in [0.1, 0.15) is 5.82 Å². The number of H-pyrrole nitrogens is 1. The van der Waals surface area contributed by atoms with Crippen molar-refractivity contribution in [2.24, 2.45) is 0 Å². The monoisotopic (exact) mass is 440 g/mol. The highest BCUT2D eigenvalue weighted by atomic mass is 35.5. The number of aromatic nitrogens is 4. The van der Waals surface area contributed by atoms with E-state index in [1.54, 1.807) is 11.1 Å². The Morgan fingerprint density at radius 1 is 1.32 bits per heavy atom. The highest BCUT2D eigenvalue weighted by molar-refractivity contribution is 6.31. The number of hydrogen-bond donors (Lipinski definition) is 2. The van der Waals surface area contributed by atoms with Crippen LogP contribution in [0.15, 0.2) is 36.7 Å². The van der Waals surface area contributed by atoms with Crippen molar-refractivity contribution >= 4 is 23.3 Å². The number of nitrogens with one attached hydrogen (secondary N) is 2. The van der Waals surface area contributed by atoms with Crippen LogP contribution >= 0.6 is 11.6 Å². The molecule has 3 aromatic rings. The molecule has 0 aliphatic carbocycles. The van der Waals surface area contributed by atoms with Gasteiger partial charge in [-0.1, -0.05) is 29.8 Å². The Balaban J connectivity index is 1.56. The first-order chi connectivity index (χ1) is 15.0. The van der Waals surface area contributed by atoms with Gasteiger partial charge in [0.05, 0.1) is 25.5 Å². The number of aryl methyl sites for hydroxylation is 1. The predicted octanol–water partition coefficient (Wildman–Crippen LogP) is 3.34. The van der Waals surface area contributed by atoms with Crippen LogP contribution in [0.2, 0.25) is 5.02 Å². The number of nitrogens with zero attached hydrogens (tertiary/aromatic N) is 4. The van der Waals surface area contributed by atoms with E-state index in [4.69, 9.17) is 16.3 Å². The standard InChI is InChI=1S/C22H25ClN6O2/c1-14-15(2)27-21(28-20(14)24-8-7-16-11-25-26-12-16)22(30)29-9-10-31-13-19(29)17-5-3-4-6-18(17)23/h3-6,11-12,19H,7-10,13H2,1-2H3,(H,25,26)(H,24,27,28). The lowest BCUT2D eigenvalue weighted by Crippen LogP contribution is -2.44. The average Bonchev–Trinajstić information content (AvgIpc) is 3.30. The van der Waals surface area contributed by atoms with Crippen LogP contribution in [-0.2, 0) is 11.2 Å². The molecule has 3 heterocycles. The summed E-state index contributed by atoms with van der Waals surface area (Å²) >= 11 is 6.40. The second-order valence-corrected chi connectivity index (χ2v) is 7.91. The Labute approximate surface area is 186 Å². The van der Waals surface area contributed by atoms with Crippen molar-refractivity contribution in [2.45, 2.75) is 26.3 Å². The fraction of sp³-hybridized carbons (Fsp3) is 0.364. The van der Waals surface area contributed by atoms with Crippen molar-refractivity contribution in [1.82, 2.24) is 25.1 Å². The Hall–Kier alpha value is -2.97. The van der Waals surface area contributed by atoms with Crippen LogP contribution in [0, 0.1) is 13.8 Å². The number of amides is 1. The molecule has 0 saturated carbocycles. The van der Waals surface area contributed by atoms with Crippen LogP contribution in [-0.4, -0.2) is 57.3 Å². The number of aromatic amines is 1. The molecule has 4 rings (SSSR count). The van der Waals surface area contributed by atoms with Gasteiger partial charge in [-0.05, 0) is 37.5 Å². The van der Waals surface area contributed by atoms with Crippen molar-refractivity contribution in [3.8, 4) is 0 Å². The van der Waals surface area contributed by atoms with Crippen LogP contribution in [0.4, 0.5) is 5.82 Å². The zero-order valence-electron chi connectivity index (χ0n) is 17.6. The first-order valence-electron chi connectivity index (χ1n) is 10.2. The number of halogens is 1. The Bertz CT molecular complexity index is 1060. The van der Waals surface area contributed by atoms with Gasteiger partial charge in [-0.2, -0.15) is 5.10 Å². The molecule has 0 bridgehead atoms. The third kappa shape index (κ3) is 4.70. The predicted molar refractivity (Wildman–Crippen MR) is 118 cm³/mol. The molecule has 8 nitrogen and oxygen atoms in total. The summed E-state index contributed by atoms with van der Waals surface area (Å²) in [4.78, 5) is 24.2. The molecule has 0 radical (unpaired) electrons. The second kappa shape index (κ2) is 9.45. The van der Waals surface area contributed by atoms with E-state index in [-0.39, 0.29) is 17.8 Å². The van der Waals surface area contributed by atoms with E-state index in [1.165, 1.54) is 0 Å².